The molecule has 1 aliphatic carbocycles. The summed E-state index contributed by atoms with van der Waals surface area (Å²) in [4.78, 5) is 14.7. The Morgan fingerprint density at radius 3 is 2.58 bits per heavy atom. The average molecular weight is 277 g/mol. The van der Waals surface area contributed by atoms with Crippen LogP contribution in [-0.2, 0) is 0 Å². The van der Waals surface area contributed by atoms with Crippen molar-refractivity contribution in [1.29, 1.82) is 0 Å². The summed E-state index contributed by atoms with van der Waals surface area (Å²) in [5.74, 6) is 0.746. The number of thioether (sulfide) groups is 1. The minimum atomic E-state index is -0.808. The van der Waals surface area contributed by atoms with E-state index in [1.165, 1.54) is 31.0 Å². The summed E-state index contributed by atoms with van der Waals surface area (Å²) in [7, 11) is 0. The van der Waals surface area contributed by atoms with Gasteiger partial charge >= 0.3 is 5.97 Å². The van der Waals surface area contributed by atoms with E-state index < -0.39 is 5.97 Å². The molecule has 3 nitrogen and oxygen atoms in total. The third-order valence-corrected chi connectivity index (χ3v) is 5.29. The summed E-state index contributed by atoms with van der Waals surface area (Å²) in [6.45, 7) is 2.06. The van der Waals surface area contributed by atoms with Crippen molar-refractivity contribution in [2.24, 2.45) is 11.8 Å². The van der Waals surface area contributed by atoms with Crippen molar-refractivity contribution in [3.8, 4) is 0 Å². The van der Waals surface area contributed by atoms with E-state index in [0.717, 1.165) is 35.5 Å². The van der Waals surface area contributed by atoms with Crippen LogP contribution in [0.15, 0.2) is 23.1 Å². The Morgan fingerprint density at radius 2 is 2.00 bits per heavy atom. The Morgan fingerprint density at radius 1 is 1.32 bits per heavy atom. The zero-order valence-corrected chi connectivity index (χ0v) is 11.9. The van der Waals surface area contributed by atoms with E-state index in [9.17, 15) is 9.90 Å². The Hall–Kier alpha value is -1.16. The fourth-order valence-corrected chi connectivity index (χ4v) is 4.21. The number of hydrogen-bond acceptors (Lipinski definition) is 3. The highest BCUT2D eigenvalue weighted by Crippen LogP contribution is 2.41. The summed E-state index contributed by atoms with van der Waals surface area (Å²) < 4.78 is 0. The highest BCUT2D eigenvalue weighted by Gasteiger charge is 2.37. The second kappa shape index (κ2) is 5.08. The van der Waals surface area contributed by atoms with Gasteiger partial charge in [-0.2, -0.15) is 0 Å². The van der Waals surface area contributed by atoms with Gasteiger partial charge in [0.1, 0.15) is 0 Å². The van der Waals surface area contributed by atoms with Crippen LogP contribution in [0.1, 0.15) is 29.6 Å². The third kappa shape index (κ3) is 2.22. The molecule has 1 aromatic carbocycles. The summed E-state index contributed by atoms with van der Waals surface area (Å²) in [6, 6.07) is 5.83. The summed E-state index contributed by atoms with van der Waals surface area (Å²) >= 11 is 1.51. The van der Waals surface area contributed by atoms with E-state index in [0.29, 0.717) is 5.56 Å². The lowest BCUT2D eigenvalue weighted by Gasteiger charge is -2.22. The van der Waals surface area contributed by atoms with E-state index in [1.807, 2.05) is 24.5 Å². The lowest BCUT2D eigenvalue weighted by molar-refractivity contribution is 0.0694. The Balaban J connectivity index is 1.94. The first kappa shape index (κ1) is 12.9. The first-order valence-corrected chi connectivity index (χ1v) is 8.08. The van der Waals surface area contributed by atoms with Gasteiger partial charge in [0, 0.05) is 18.0 Å². The van der Waals surface area contributed by atoms with E-state index in [1.54, 1.807) is 0 Å². The van der Waals surface area contributed by atoms with Crippen LogP contribution in [0.4, 0.5) is 5.69 Å². The van der Waals surface area contributed by atoms with E-state index in [4.69, 9.17) is 0 Å². The smallest absolute Gasteiger partial charge is 0.338 e. The van der Waals surface area contributed by atoms with Gasteiger partial charge < -0.3 is 10.0 Å². The molecular weight excluding hydrogens is 258 g/mol. The maximum atomic E-state index is 11.6. The zero-order chi connectivity index (χ0) is 13.4. The molecule has 0 radical (unpaired) electrons. The zero-order valence-electron chi connectivity index (χ0n) is 11.1. The lowest BCUT2D eigenvalue weighted by Crippen LogP contribution is -2.23. The van der Waals surface area contributed by atoms with Gasteiger partial charge in [-0.15, -0.1) is 11.8 Å². The minimum Gasteiger partial charge on any atom is -0.478 e. The first-order chi connectivity index (χ1) is 9.20. The lowest BCUT2D eigenvalue weighted by atomic mass is 10.0. The minimum absolute atomic E-state index is 0.481. The van der Waals surface area contributed by atoms with Crippen molar-refractivity contribution in [2.75, 3.05) is 24.2 Å². The molecule has 1 aromatic rings. The standard InChI is InChI=1S/C15H19NO2S/c1-19-13-7-3-6-12(14(13)15(17)18)16-8-10-4-2-5-11(10)9-16/h3,6-7,10-11H,2,4-5,8-9H2,1H3,(H,17,18). The van der Waals surface area contributed by atoms with Crippen LogP contribution >= 0.6 is 11.8 Å². The van der Waals surface area contributed by atoms with E-state index >= 15 is 0 Å². The molecule has 1 saturated carbocycles. The van der Waals surface area contributed by atoms with Crippen molar-refractivity contribution in [1.82, 2.24) is 0 Å². The number of hydrogen-bond donors (Lipinski definition) is 1. The van der Waals surface area contributed by atoms with Gasteiger partial charge in [-0.05, 0) is 43.1 Å². The second-order valence-electron chi connectivity index (χ2n) is 5.52. The first-order valence-electron chi connectivity index (χ1n) is 6.86. The Labute approximate surface area is 118 Å². The maximum absolute atomic E-state index is 11.6. The van der Waals surface area contributed by atoms with Crippen LogP contribution in [0.5, 0.6) is 0 Å². The van der Waals surface area contributed by atoms with E-state index in [2.05, 4.69) is 4.90 Å². The number of carboxylic acids is 1. The van der Waals surface area contributed by atoms with Crippen molar-refractivity contribution < 1.29 is 9.90 Å². The van der Waals surface area contributed by atoms with Crippen molar-refractivity contribution in [2.45, 2.75) is 24.2 Å². The maximum Gasteiger partial charge on any atom is 0.338 e. The van der Waals surface area contributed by atoms with Gasteiger partial charge in [-0.25, -0.2) is 4.79 Å². The van der Waals surface area contributed by atoms with Crippen LogP contribution in [0.3, 0.4) is 0 Å². The highest BCUT2D eigenvalue weighted by atomic mass is 32.2. The number of aromatic carboxylic acids is 1. The number of carbonyl (C=O) groups is 1. The molecule has 1 saturated heterocycles. The number of fused-ring (bicyclic) bond motifs is 1. The molecule has 2 atom stereocenters. The summed E-state index contributed by atoms with van der Waals surface area (Å²) in [6.07, 6.45) is 5.90. The number of nitrogens with zero attached hydrogens (tertiary/aromatic N) is 1. The normalized spacial score (nSPS) is 25.6. The monoisotopic (exact) mass is 277 g/mol. The Bertz CT molecular complexity index is 491. The van der Waals surface area contributed by atoms with Crippen LogP contribution < -0.4 is 4.90 Å². The molecule has 3 rings (SSSR count). The second-order valence-corrected chi connectivity index (χ2v) is 6.36. The quantitative estimate of drug-likeness (QED) is 0.860. The van der Waals surface area contributed by atoms with Crippen LogP contribution in [0, 0.1) is 11.8 Å². The SMILES string of the molecule is CSc1cccc(N2CC3CCCC3C2)c1C(=O)O. The largest absolute Gasteiger partial charge is 0.478 e. The number of rotatable bonds is 3. The Kier molecular flexibility index (Phi) is 3.44. The van der Waals surface area contributed by atoms with Crippen LogP contribution in [-0.4, -0.2) is 30.4 Å². The number of carboxylic acid groups (broad SMARTS) is 1. The molecule has 0 spiro atoms. The average Bonchev–Trinajstić information content (AvgIpc) is 2.98. The van der Waals surface area contributed by atoms with Gasteiger partial charge in [0.25, 0.3) is 0 Å². The molecule has 2 aliphatic rings. The number of anilines is 1. The van der Waals surface area contributed by atoms with Crippen LogP contribution in [0.2, 0.25) is 0 Å². The molecule has 1 aliphatic heterocycles. The predicted octanol–water partition coefficient (Wildman–Crippen LogP) is 3.34. The molecule has 2 unspecified atom stereocenters. The summed E-state index contributed by atoms with van der Waals surface area (Å²) in [5.41, 5.74) is 1.39. The molecule has 2 fully saturated rings. The van der Waals surface area contributed by atoms with Gasteiger partial charge in [-0.1, -0.05) is 12.5 Å². The molecule has 1 N–H and O–H groups in total. The molecular formula is C15H19NO2S. The van der Waals surface area contributed by atoms with Gasteiger partial charge in [-0.3, -0.25) is 0 Å². The van der Waals surface area contributed by atoms with E-state index in [-0.39, 0.29) is 0 Å². The molecule has 0 bridgehead atoms. The molecule has 102 valence electrons. The molecule has 19 heavy (non-hydrogen) atoms. The molecule has 0 aromatic heterocycles. The van der Waals surface area contributed by atoms with Gasteiger partial charge in [0.05, 0.1) is 11.3 Å². The molecule has 0 amide bonds. The number of benzene rings is 1. The van der Waals surface area contributed by atoms with Crippen LogP contribution in [0.25, 0.3) is 0 Å². The topological polar surface area (TPSA) is 40.5 Å². The summed E-state index contributed by atoms with van der Waals surface area (Å²) in [5, 5.41) is 9.50. The van der Waals surface area contributed by atoms with Gasteiger partial charge in [0.2, 0.25) is 0 Å². The fraction of sp³-hybridized carbons (Fsp3) is 0.533. The fourth-order valence-electron chi connectivity index (χ4n) is 3.60. The predicted molar refractivity (Wildman–Crippen MR) is 78.2 cm³/mol. The third-order valence-electron chi connectivity index (χ3n) is 4.50. The highest BCUT2D eigenvalue weighted by molar-refractivity contribution is 7.98. The van der Waals surface area contributed by atoms with Crippen molar-refractivity contribution in [3.05, 3.63) is 23.8 Å². The molecule has 1 heterocycles. The van der Waals surface area contributed by atoms with Crippen molar-refractivity contribution in [3.63, 3.8) is 0 Å². The molecule has 4 heteroatoms. The van der Waals surface area contributed by atoms with Gasteiger partial charge in [0.15, 0.2) is 0 Å². The van der Waals surface area contributed by atoms with Crippen molar-refractivity contribution >= 4 is 23.4 Å².